The molecule has 29 heavy (non-hydrogen) atoms. The maximum Gasteiger partial charge on any atom is 0.213 e. The van der Waals surface area contributed by atoms with Crippen molar-refractivity contribution in [1.82, 2.24) is 15.4 Å². The summed E-state index contributed by atoms with van der Waals surface area (Å²) in [6, 6.07) is 8.43. The van der Waals surface area contributed by atoms with E-state index in [0.717, 1.165) is 25.9 Å². The van der Waals surface area contributed by atoms with Crippen molar-refractivity contribution in [3.63, 3.8) is 0 Å². The highest BCUT2D eigenvalue weighted by molar-refractivity contribution is 7.89. The number of aliphatic imine (C=N–C) groups is 1. The number of ether oxygens (including phenoxy) is 1. The highest BCUT2D eigenvalue weighted by atomic mass is 32.2. The van der Waals surface area contributed by atoms with Gasteiger partial charge in [0.15, 0.2) is 5.96 Å². The van der Waals surface area contributed by atoms with Crippen LogP contribution < -0.4 is 15.4 Å². The summed E-state index contributed by atoms with van der Waals surface area (Å²) < 4.78 is 32.7. The fourth-order valence-electron chi connectivity index (χ4n) is 3.22. The van der Waals surface area contributed by atoms with Crippen molar-refractivity contribution in [2.45, 2.75) is 52.1 Å². The van der Waals surface area contributed by atoms with Gasteiger partial charge in [0, 0.05) is 38.7 Å². The smallest absolute Gasteiger partial charge is 0.213 e. The molecule has 2 rings (SSSR count). The Hall–Kier alpha value is -1.64. The molecule has 3 N–H and O–H groups in total. The molecule has 1 aliphatic heterocycles. The number of sulfonamides is 1. The zero-order valence-corrected chi connectivity index (χ0v) is 18.7. The lowest BCUT2D eigenvalue weighted by molar-refractivity contribution is 0.0200. The van der Waals surface area contributed by atoms with Crippen molar-refractivity contribution in [1.29, 1.82) is 0 Å². The molecule has 2 unspecified atom stereocenters. The number of hydrogen-bond acceptors (Lipinski definition) is 4. The third-order valence-electron chi connectivity index (χ3n) is 4.95. The van der Waals surface area contributed by atoms with Crippen LogP contribution in [-0.4, -0.2) is 59.0 Å². The van der Waals surface area contributed by atoms with Crippen LogP contribution in [0.3, 0.4) is 0 Å². The van der Waals surface area contributed by atoms with Crippen molar-refractivity contribution in [3.8, 4) is 0 Å². The molecule has 1 aromatic carbocycles. The van der Waals surface area contributed by atoms with Gasteiger partial charge >= 0.3 is 0 Å². The maximum atomic E-state index is 12.2. The van der Waals surface area contributed by atoms with Gasteiger partial charge in [-0.15, -0.1) is 0 Å². The van der Waals surface area contributed by atoms with Crippen LogP contribution in [-0.2, 0) is 14.8 Å². The molecule has 1 fully saturated rings. The molecule has 0 radical (unpaired) electrons. The Morgan fingerprint density at radius 1 is 1.31 bits per heavy atom. The first-order valence-electron chi connectivity index (χ1n) is 10.6. The lowest BCUT2D eigenvalue weighted by Crippen LogP contribution is -2.42. The van der Waals surface area contributed by atoms with E-state index in [4.69, 9.17) is 4.74 Å². The van der Waals surface area contributed by atoms with E-state index in [2.05, 4.69) is 58.5 Å². The third kappa shape index (κ3) is 9.14. The van der Waals surface area contributed by atoms with Gasteiger partial charge < -0.3 is 15.4 Å². The Morgan fingerprint density at radius 3 is 2.83 bits per heavy atom. The van der Waals surface area contributed by atoms with Crippen LogP contribution in [0.4, 0.5) is 0 Å². The number of nitrogens with zero attached hydrogens (tertiary/aromatic N) is 1. The summed E-state index contributed by atoms with van der Waals surface area (Å²) in [6.45, 7) is 8.93. The minimum atomic E-state index is -3.35. The predicted molar refractivity (Wildman–Crippen MR) is 119 cm³/mol. The molecule has 1 heterocycles. The van der Waals surface area contributed by atoms with E-state index in [9.17, 15) is 8.42 Å². The van der Waals surface area contributed by atoms with E-state index in [0.29, 0.717) is 32.1 Å². The van der Waals surface area contributed by atoms with Gasteiger partial charge in [0.1, 0.15) is 0 Å². The number of aryl methyl sites for hydroxylation is 1. The molecule has 1 saturated heterocycles. The number of nitrogens with one attached hydrogen (secondary N) is 3. The first kappa shape index (κ1) is 23.6. The summed E-state index contributed by atoms with van der Waals surface area (Å²) in [5.41, 5.74) is 2.49. The predicted octanol–water partition coefficient (Wildman–Crippen LogP) is 2.14. The van der Waals surface area contributed by atoms with Crippen LogP contribution in [0.25, 0.3) is 0 Å². The molecule has 2 atom stereocenters. The van der Waals surface area contributed by atoms with Gasteiger partial charge in [-0.3, -0.25) is 4.99 Å². The zero-order chi connectivity index (χ0) is 21.1. The van der Waals surface area contributed by atoms with E-state index in [1.54, 1.807) is 0 Å². The van der Waals surface area contributed by atoms with Crippen molar-refractivity contribution >= 4 is 16.0 Å². The van der Waals surface area contributed by atoms with Crippen molar-refractivity contribution in [3.05, 3.63) is 35.4 Å². The van der Waals surface area contributed by atoms with Gasteiger partial charge in [0.05, 0.1) is 11.9 Å². The molecule has 0 saturated carbocycles. The van der Waals surface area contributed by atoms with Gasteiger partial charge in [0.2, 0.25) is 10.0 Å². The van der Waals surface area contributed by atoms with Gasteiger partial charge in [-0.1, -0.05) is 36.8 Å². The van der Waals surface area contributed by atoms with Gasteiger partial charge in [-0.2, -0.15) is 0 Å². The Morgan fingerprint density at radius 2 is 2.14 bits per heavy atom. The molecule has 0 aromatic heterocycles. The Kier molecular flexibility index (Phi) is 9.90. The molecular weight excluding hydrogens is 388 g/mol. The fourth-order valence-corrected chi connectivity index (χ4v) is 4.17. The largest absolute Gasteiger partial charge is 0.377 e. The molecule has 7 nitrogen and oxygen atoms in total. The zero-order valence-electron chi connectivity index (χ0n) is 17.9. The molecule has 8 heteroatoms. The number of guanidine groups is 1. The Balaban J connectivity index is 1.79. The second-order valence-corrected chi connectivity index (χ2v) is 9.54. The molecule has 1 aromatic rings. The second kappa shape index (κ2) is 12.1. The highest BCUT2D eigenvalue weighted by Crippen LogP contribution is 2.16. The molecule has 0 spiro atoms. The van der Waals surface area contributed by atoms with E-state index in [-0.39, 0.29) is 17.8 Å². The lowest BCUT2D eigenvalue weighted by Gasteiger charge is -2.22. The van der Waals surface area contributed by atoms with Crippen molar-refractivity contribution < 1.29 is 13.2 Å². The van der Waals surface area contributed by atoms with Crippen LogP contribution >= 0.6 is 0 Å². The van der Waals surface area contributed by atoms with E-state index >= 15 is 0 Å². The minimum absolute atomic E-state index is 0.00241. The summed E-state index contributed by atoms with van der Waals surface area (Å²) >= 11 is 0. The first-order valence-corrected chi connectivity index (χ1v) is 12.2. The molecule has 1 aliphatic rings. The minimum Gasteiger partial charge on any atom is -0.377 e. The highest BCUT2D eigenvalue weighted by Gasteiger charge is 2.17. The summed E-state index contributed by atoms with van der Waals surface area (Å²) in [5, 5.41) is 6.30. The quantitative estimate of drug-likeness (QED) is 0.395. The number of rotatable bonds is 10. The Bertz CT molecular complexity index is 746. The average Bonchev–Trinajstić information content (AvgIpc) is 2.71. The van der Waals surface area contributed by atoms with E-state index in [1.807, 2.05) is 6.92 Å². The summed E-state index contributed by atoms with van der Waals surface area (Å²) in [5.74, 6) is 0.918. The monoisotopic (exact) mass is 424 g/mol. The van der Waals surface area contributed by atoms with Gasteiger partial charge in [-0.25, -0.2) is 13.1 Å². The molecule has 0 amide bonds. The second-order valence-electron chi connectivity index (χ2n) is 7.62. The average molecular weight is 425 g/mol. The molecular formula is C21H36N4O3S. The summed E-state index contributed by atoms with van der Waals surface area (Å²) in [6.07, 6.45) is 3.06. The van der Waals surface area contributed by atoms with E-state index < -0.39 is 10.0 Å². The topological polar surface area (TPSA) is 91.8 Å². The summed E-state index contributed by atoms with van der Waals surface area (Å²) in [7, 11) is -3.35. The normalized spacial score (nSPS) is 19.0. The van der Waals surface area contributed by atoms with Crippen LogP contribution in [0.1, 0.15) is 50.2 Å². The van der Waals surface area contributed by atoms with Crippen LogP contribution in [0.5, 0.6) is 0 Å². The third-order valence-corrected chi connectivity index (χ3v) is 6.29. The maximum absolute atomic E-state index is 12.2. The van der Waals surface area contributed by atoms with Crippen molar-refractivity contribution in [2.24, 2.45) is 4.99 Å². The number of benzene rings is 1. The first-order chi connectivity index (χ1) is 13.9. The summed E-state index contributed by atoms with van der Waals surface area (Å²) in [4.78, 5) is 4.62. The SMILES string of the molecule is CCNC(=NCC(C)c1cccc(C)c1)NCCS(=O)(=O)NCC1CCCCO1. The molecule has 0 aliphatic carbocycles. The number of hydrogen-bond donors (Lipinski definition) is 3. The fraction of sp³-hybridized carbons (Fsp3) is 0.667. The van der Waals surface area contributed by atoms with Gasteiger partial charge in [-0.05, 0) is 38.7 Å². The van der Waals surface area contributed by atoms with Crippen LogP contribution in [0, 0.1) is 6.92 Å². The van der Waals surface area contributed by atoms with E-state index in [1.165, 1.54) is 11.1 Å². The van der Waals surface area contributed by atoms with Crippen LogP contribution in [0.2, 0.25) is 0 Å². The van der Waals surface area contributed by atoms with Crippen LogP contribution in [0.15, 0.2) is 29.3 Å². The lowest BCUT2D eigenvalue weighted by atomic mass is 10.00. The molecule has 164 valence electrons. The molecule has 0 bridgehead atoms. The van der Waals surface area contributed by atoms with Crippen molar-refractivity contribution in [2.75, 3.05) is 38.5 Å². The Labute approximate surface area is 175 Å². The van der Waals surface area contributed by atoms with Gasteiger partial charge in [0.25, 0.3) is 0 Å². The standard InChI is InChI=1S/C21H36N4O3S/c1-4-22-21(24-15-18(3)19-9-7-8-17(2)14-19)23-11-13-29(26,27)25-16-20-10-5-6-12-28-20/h7-9,14,18,20,25H,4-6,10-13,15-16H2,1-3H3,(H2,22,23,24).